The van der Waals surface area contributed by atoms with E-state index in [2.05, 4.69) is 13.8 Å². The van der Waals surface area contributed by atoms with Crippen LogP contribution in [0.15, 0.2) is 23.8 Å². The van der Waals surface area contributed by atoms with Crippen LogP contribution in [-0.2, 0) is 4.79 Å². The van der Waals surface area contributed by atoms with Crippen molar-refractivity contribution in [2.45, 2.75) is 27.2 Å². The van der Waals surface area contributed by atoms with Crippen molar-refractivity contribution >= 4 is 6.29 Å². The summed E-state index contributed by atoms with van der Waals surface area (Å²) in [5.41, 5.74) is 1.28. The highest BCUT2D eigenvalue weighted by molar-refractivity contribution is 5.50. The highest BCUT2D eigenvalue weighted by atomic mass is 16.1. The molecular formula is C10H16O. The van der Waals surface area contributed by atoms with Gasteiger partial charge in [0.25, 0.3) is 0 Å². The van der Waals surface area contributed by atoms with Crippen LogP contribution in [0.3, 0.4) is 0 Å². The SMILES string of the molecule is CC(C)=CC=CC(C)CC=O. The van der Waals surface area contributed by atoms with E-state index in [0.29, 0.717) is 12.3 Å². The fraction of sp³-hybridized carbons (Fsp3) is 0.500. The quantitative estimate of drug-likeness (QED) is 0.447. The molecule has 0 aromatic rings. The summed E-state index contributed by atoms with van der Waals surface area (Å²) in [6.45, 7) is 6.13. The molecular weight excluding hydrogens is 136 g/mol. The second-order valence-electron chi connectivity index (χ2n) is 3.01. The van der Waals surface area contributed by atoms with Gasteiger partial charge >= 0.3 is 0 Å². The number of allylic oxidation sites excluding steroid dienone is 4. The van der Waals surface area contributed by atoms with Crippen molar-refractivity contribution < 1.29 is 4.79 Å². The third-order valence-electron chi connectivity index (χ3n) is 1.34. The summed E-state index contributed by atoms with van der Waals surface area (Å²) in [4.78, 5) is 10.1. The molecule has 0 radical (unpaired) electrons. The summed E-state index contributed by atoms with van der Waals surface area (Å²) in [7, 11) is 0. The summed E-state index contributed by atoms with van der Waals surface area (Å²) in [5.74, 6) is 0.364. The predicted octanol–water partition coefficient (Wildman–Crippen LogP) is 2.73. The van der Waals surface area contributed by atoms with Gasteiger partial charge < -0.3 is 4.79 Å². The topological polar surface area (TPSA) is 17.1 Å². The zero-order valence-corrected chi connectivity index (χ0v) is 7.50. The van der Waals surface area contributed by atoms with E-state index in [9.17, 15) is 4.79 Å². The average molecular weight is 152 g/mol. The van der Waals surface area contributed by atoms with Gasteiger partial charge in [0.1, 0.15) is 6.29 Å². The van der Waals surface area contributed by atoms with Gasteiger partial charge in [-0.05, 0) is 19.8 Å². The molecule has 0 amide bonds. The van der Waals surface area contributed by atoms with Gasteiger partial charge in [-0.2, -0.15) is 0 Å². The molecule has 11 heavy (non-hydrogen) atoms. The highest BCUT2D eigenvalue weighted by Crippen LogP contribution is 2.01. The molecule has 0 aromatic heterocycles. The van der Waals surface area contributed by atoms with Crippen molar-refractivity contribution in [2.24, 2.45) is 5.92 Å². The van der Waals surface area contributed by atoms with Crippen LogP contribution >= 0.6 is 0 Å². The van der Waals surface area contributed by atoms with Gasteiger partial charge in [0, 0.05) is 6.42 Å². The Labute approximate surface area is 68.8 Å². The van der Waals surface area contributed by atoms with Crippen molar-refractivity contribution in [1.82, 2.24) is 0 Å². The highest BCUT2D eigenvalue weighted by Gasteiger charge is 1.91. The van der Waals surface area contributed by atoms with Gasteiger partial charge in [0.05, 0.1) is 0 Å². The Morgan fingerprint density at radius 1 is 1.45 bits per heavy atom. The van der Waals surface area contributed by atoms with Crippen LogP contribution in [0.2, 0.25) is 0 Å². The second kappa shape index (κ2) is 5.90. The molecule has 0 saturated carbocycles. The fourth-order valence-corrected chi connectivity index (χ4v) is 0.668. The Kier molecular flexibility index (Phi) is 5.44. The molecule has 0 spiro atoms. The molecule has 0 aliphatic heterocycles. The van der Waals surface area contributed by atoms with Crippen molar-refractivity contribution in [3.05, 3.63) is 23.8 Å². The number of hydrogen-bond donors (Lipinski definition) is 0. The minimum atomic E-state index is 0.364. The minimum absolute atomic E-state index is 0.364. The van der Waals surface area contributed by atoms with Gasteiger partial charge in [0.15, 0.2) is 0 Å². The van der Waals surface area contributed by atoms with E-state index in [4.69, 9.17) is 0 Å². The Morgan fingerprint density at radius 3 is 2.55 bits per heavy atom. The predicted molar refractivity (Wildman–Crippen MR) is 48.4 cm³/mol. The van der Waals surface area contributed by atoms with Crippen LogP contribution in [0.4, 0.5) is 0 Å². The average Bonchev–Trinajstić information content (AvgIpc) is 1.87. The number of aldehydes is 1. The number of hydrogen-bond acceptors (Lipinski definition) is 1. The largest absolute Gasteiger partial charge is 0.303 e. The summed E-state index contributed by atoms with van der Waals surface area (Å²) >= 11 is 0. The molecule has 0 aliphatic carbocycles. The van der Waals surface area contributed by atoms with E-state index in [1.807, 2.05) is 25.2 Å². The molecule has 62 valence electrons. The first kappa shape index (κ1) is 10.2. The Hall–Kier alpha value is -0.850. The van der Waals surface area contributed by atoms with E-state index < -0.39 is 0 Å². The van der Waals surface area contributed by atoms with E-state index in [1.54, 1.807) is 0 Å². The van der Waals surface area contributed by atoms with Crippen LogP contribution in [-0.4, -0.2) is 6.29 Å². The lowest BCUT2D eigenvalue weighted by molar-refractivity contribution is -0.108. The maximum Gasteiger partial charge on any atom is 0.120 e. The number of carbonyl (C=O) groups is 1. The van der Waals surface area contributed by atoms with Crippen LogP contribution in [0.5, 0.6) is 0 Å². The standard InChI is InChI=1S/C10H16O/c1-9(2)5-4-6-10(3)7-8-11/h4-6,8,10H,7H2,1-3H3. The molecule has 0 aromatic carbocycles. The third kappa shape index (κ3) is 7.04. The van der Waals surface area contributed by atoms with Crippen LogP contribution in [0.1, 0.15) is 27.2 Å². The zero-order valence-electron chi connectivity index (χ0n) is 7.50. The number of rotatable bonds is 4. The van der Waals surface area contributed by atoms with Crippen molar-refractivity contribution in [3.63, 3.8) is 0 Å². The first-order valence-corrected chi connectivity index (χ1v) is 3.92. The molecule has 0 heterocycles. The fourth-order valence-electron chi connectivity index (χ4n) is 0.668. The van der Waals surface area contributed by atoms with Gasteiger partial charge in [0.2, 0.25) is 0 Å². The Balaban J connectivity index is 3.73. The first-order chi connectivity index (χ1) is 5.16. The van der Waals surface area contributed by atoms with E-state index in [-0.39, 0.29) is 0 Å². The van der Waals surface area contributed by atoms with Gasteiger partial charge in [-0.3, -0.25) is 0 Å². The van der Waals surface area contributed by atoms with Crippen LogP contribution in [0.25, 0.3) is 0 Å². The molecule has 1 heteroatoms. The van der Waals surface area contributed by atoms with E-state index >= 15 is 0 Å². The van der Waals surface area contributed by atoms with Crippen LogP contribution in [0, 0.1) is 5.92 Å². The molecule has 0 fully saturated rings. The van der Waals surface area contributed by atoms with Crippen molar-refractivity contribution in [3.8, 4) is 0 Å². The van der Waals surface area contributed by atoms with Crippen molar-refractivity contribution in [1.29, 1.82) is 0 Å². The summed E-state index contributed by atoms with van der Waals surface area (Å²) in [6.07, 6.45) is 7.66. The second-order valence-corrected chi connectivity index (χ2v) is 3.01. The normalized spacial score (nSPS) is 13.0. The molecule has 0 rings (SSSR count). The molecule has 0 N–H and O–H groups in total. The van der Waals surface area contributed by atoms with E-state index in [0.717, 1.165) is 6.29 Å². The summed E-state index contributed by atoms with van der Waals surface area (Å²) < 4.78 is 0. The monoisotopic (exact) mass is 152 g/mol. The third-order valence-corrected chi connectivity index (χ3v) is 1.34. The van der Waals surface area contributed by atoms with Crippen molar-refractivity contribution in [2.75, 3.05) is 0 Å². The first-order valence-electron chi connectivity index (χ1n) is 3.92. The Morgan fingerprint density at radius 2 is 2.09 bits per heavy atom. The Bertz CT molecular complexity index is 162. The maximum atomic E-state index is 10.1. The molecule has 1 unspecified atom stereocenters. The van der Waals surface area contributed by atoms with E-state index in [1.165, 1.54) is 5.57 Å². The zero-order chi connectivity index (χ0) is 8.69. The molecule has 0 bridgehead atoms. The summed E-state index contributed by atoms with van der Waals surface area (Å²) in [5, 5.41) is 0. The molecule has 1 nitrogen and oxygen atoms in total. The molecule has 1 atom stereocenters. The molecule has 0 aliphatic rings. The lowest BCUT2D eigenvalue weighted by atomic mass is 10.1. The van der Waals surface area contributed by atoms with Crippen LogP contribution < -0.4 is 0 Å². The maximum absolute atomic E-state index is 10.1. The summed E-state index contributed by atoms with van der Waals surface area (Å²) in [6, 6.07) is 0. The van der Waals surface area contributed by atoms with Gasteiger partial charge in [-0.15, -0.1) is 0 Å². The molecule has 0 saturated heterocycles. The van der Waals surface area contributed by atoms with Gasteiger partial charge in [-0.1, -0.05) is 30.7 Å². The number of carbonyl (C=O) groups excluding carboxylic acids is 1. The lowest BCUT2D eigenvalue weighted by Crippen LogP contribution is -1.88. The smallest absolute Gasteiger partial charge is 0.120 e. The minimum Gasteiger partial charge on any atom is -0.303 e. The lowest BCUT2D eigenvalue weighted by Gasteiger charge is -1.96. The van der Waals surface area contributed by atoms with Gasteiger partial charge in [-0.25, -0.2) is 0 Å².